The van der Waals surface area contributed by atoms with Gasteiger partial charge in [-0.05, 0) is 32.9 Å². The van der Waals surface area contributed by atoms with E-state index in [2.05, 4.69) is 5.10 Å². The van der Waals surface area contributed by atoms with E-state index in [9.17, 15) is 0 Å². The highest BCUT2D eigenvalue weighted by Gasteiger charge is 2.22. The maximum Gasteiger partial charge on any atom is 0.127 e. The molecule has 1 atom stereocenters. The van der Waals surface area contributed by atoms with E-state index in [0.717, 1.165) is 11.5 Å². The molecule has 0 aliphatic carbocycles. The molecule has 0 aromatic carbocycles. The molecule has 0 saturated heterocycles. The van der Waals surface area contributed by atoms with Crippen molar-refractivity contribution in [3.8, 4) is 0 Å². The van der Waals surface area contributed by atoms with Crippen molar-refractivity contribution in [1.82, 2.24) is 9.78 Å². The van der Waals surface area contributed by atoms with E-state index < -0.39 is 0 Å². The van der Waals surface area contributed by atoms with Crippen LogP contribution in [0, 0.1) is 6.92 Å². The van der Waals surface area contributed by atoms with Crippen LogP contribution in [-0.4, -0.2) is 9.78 Å². The van der Waals surface area contributed by atoms with Gasteiger partial charge in [-0.1, -0.05) is 11.6 Å². The van der Waals surface area contributed by atoms with Gasteiger partial charge < -0.3 is 10.2 Å². The summed E-state index contributed by atoms with van der Waals surface area (Å²) in [5, 5.41) is 4.80. The van der Waals surface area contributed by atoms with Crippen molar-refractivity contribution < 1.29 is 4.42 Å². The molecule has 0 aliphatic rings. The van der Waals surface area contributed by atoms with Gasteiger partial charge >= 0.3 is 0 Å². The molecular formula is C12H16ClN3O. The molecule has 2 heterocycles. The average Bonchev–Trinajstić information content (AvgIpc) is 2.83. The number of hydrogen-bond donors (Lipinski definition) is 1. The van der Waals surface area contributed by atoms with E-state index in [1.54, 1.807) is 6.20 Å². The van der Waals surface area contributed by atoms with Gasteiger partial charge in [0, 0.05) is 6.04 Å². The highest BCUT2D eigenvalue weighted by molar-refractivity contribution is 6.31. The van der Waals surface area contributed by atoms with Crippen LogP contribution >= 0.6 is 11.6 Å². The van der Waals surface area contributed by atoms with Crippen molar-refractivity contribution in [2.75, 3.05) is 0 Å². The predicted molar refractivity (Wildman–Crippen MR) is 67.1 cm³/mol. The quantitative estimate of drug-likeness (QED) is 0.915. The number of rotatable bonds is 3. The van der Waals surface area contributed by atoms with Gasteiger partial charge in [0.25, 0.3) is 0 Å². The molecule has 5 heteroatoms. The summed E-state index contributed by atoms with van der Waals surface area (Å²) >= 11 is 6.14. The summed E-state index contributed by atoms with van der Waals surface area (Å²) in [5.41, 5.74) is 6.96. The third-order valence-corrected chi connectivity index (χ3v) is 2.93. The first-order valence-corrected chi connectivity index (χ1v) is 5.93. The van der Waals surface area contributed by atoms with Gasteiger partial charge in [-0.2, -0.15) is 5.10 Å². The predicted octanol–water partition coefficient (Wildman–Crippen LogP) is 3.07. The Bertz CT molecular complexity index is 516. The molecule has 1 unspecified atom stereocenters. The van der Waals surface area contributed by atoms with Crippen molar-refractivity contribution in [2.45, 2.75) is 32.9 Å². The van der Waals surface area contributed by atoms with Gasteiger partial charge in [0.15, 0.2) is 0 Å². The molecule has 0 spiro atoms. The Labute approximate surface area is 105 Å². The van der Waals surface area contributed by atoms with Crippen molar-refractivity contribution in [3.05, 3.63) is 40.6 Å². The van der Waals surface area contributed by atoms with Crippen LogP contribution in [0.25, 0.3) is 0 Å². The average molecular weight is 254 g/mol. The van der Waals surface area contributed by atoms with Crippen LogP contribution in [0.1, 0.15) is 43.1 Å². The Morgan fingerprint density at radius 3 is 2.65 bits per heavy atom. The number of aromatic nitrogens is 2. The molecule has 0 amide bonds. The second kappa shape index (κ2) is 4.55. The van der Waals surface area contributed by atoms with Crippen LogP contribution in [0.3, 0.4) is 0 Å². The molecule has 0 saturated carbocycles. The summed E-state index contributed by atoms with van der Waals surface area (Å²) in [6.45, 7) is 5.96. The minimum absolute atomic E-state index is 0.208. The highest BCUT2D eigenvalue weighted by atomic mass is 35.5. The SMILES string of the molecule is Cc1ccc(C(N)c2c(Cl)cnn2C(C)C)o1. The maximum atomic E-state index is 6.17. The second-order valence-electron chi connectivity index (χ2n) is 4.34. The standard InChI is InChI=1S/C12H16ClN3O/c1-7(2)16-12(9(13)6-15-16)11(14)10-5-4-8(3)17-10/h4-7,11H,14H2,1-3H3. The fourth-order valence-electron chi connectivity index (χ4n) is 1.81. The summed E-state index contributed by atoms with van der Waals surface area (Å²) in [4.78, 5) is 0. The molecule has 0 radical (unpaired) electrons. The van der Waals surface area contributed by atoms with E-state index in [0.29, 0.717) is 10.8 Å². The first-order chi connectivity index (χ1) is 8.00. The maximum absolute atomic E-state index is 6.17. The van der Waals surface area contributed by atoms with E-state index >= 15 is 0 Å². The first-order valence-electron chi connectivity index (χ1n) is 5.55. The molecule has 2 aromatic heterocycles. The Kier molecular flexibility index (Phi) is 3.26. The van der Waals surface area contributed by atoms with E-state index in [1.165, 1.54) is 0 Å². The molecule has 2 rings (SSSR count). The van der Waals surface area contributed by atoms with Crippen molar-refractivity contribution in [2.24, 2.45) is 5.73 Å². The molecule has 92 valence electrons. The number of aryl methyl sites for hydroxylation is 1. The van der Waals surface area contributed by atoms with Crippen LogP contribution < -0.4 is 5.73 Å². The molecule has 0 bridgehead atoms. The van der Waals surface area contributed by atoms with Gasteiger partial charge in [0.2, 0.25) is 0 Å². The number of halogens is 1. The third-order valence-electron chi connectivity index (χ3n) is 2.64. The van der Waals surface area contributed by atoms with Crippen molar-refractivity contribution >= 4 is 11.6 Å². The largest absolute Gasteiger partial charge is 0.464 e. The number of nitrogens with zero attached hydrogens (tertiary/aromatic N) is 2. The van der Waals surface area contributed by atoms with Gasteiger partial charge in [-0.25, -0.2) is 0 Å². The first kappa shape index (κ1) is 12.2. The third kappa shape index (κ3) is 2.23. The zero-order valence-electron chi connectivity index (χ0n) is 10.1. The lowest BCUT2D eigenvalue weighted by Gasteiger charge is -2.15. The van der Waals surface area contributed by atoms with Crippen molar-refractivity contribution in [3.63, 3.8) is 0 Å². The summed E-state index contributed by atoms with van der Waals surface area (Å²) in [5.74, 6) is 1.54. The minimum atomic E-state index is -0.388. The topological polar surface area (TPSA) is 57.0 Å². The van der Waals surface area contributed by atoms with E-state index in [4.69, 9.17) is 21.8 Å². The van der Waals surface area contributed by atoms with Crippen molar-refractivity contribution in [1.29, 1.82) is 0 Å². The highest BCUT2D eigenvalue weighted by Crippen LogP contribution is 2.29. The monoisotopic (exact) mass is 253 g/mol. The summed E-state index contributed by atoms with van der Waals surface area (Å²) in [6, 6.07) is 3.58. The van der Waals surface area contributed by atoms with Crippen LogP contribution in [-0.2, 0) is 0 Å². The Hall–Kier alpha value is -1.26. The summed E-state index contributed by atoms with van der Waals surface area (Å²) in [7, 11) is 0. The minimum Gasteiger partial charge on any atom is -0.464 e. The zero-order chi connectivity index (χ0) is 12.6. The Morgan fingerprint density at radius 1 is 1.41 bits per heavy atom. The smallest absolute Gasteiger partial charge is 0.127 e. The normalized spacial score (nSPS) is 13.3. The van der Waals surface area contributed by atoms with E-state index in [1.807, 2.05) is 37.6 Å². The Morgan fingerprint density at radius 2 is 2.12 bits per heavy atom. The van der Waals surface area contributed by atoms with Crippen LogP contribution in [0.5, 0.6) is 0 Å². The van der Waals surface area contributed by atoms with Crippen LogP contribution in [0.2, 0.25) is 5.02 Å². The Balaban J connectivity index is 2.43. The molecule has 4 nitrogen and oxygen atoms in total. The van der Waals surface area contributed by atoms with E-state index in [-0.39, 0.29) is 12.1 Å². The summed E-state index contributed by atoms with van der Waals surface area (Å²) < 4.78 is 7.36. The molecule has 0 fully saturated rings. The molecular weight excluding hydrogens is 238 g/mol. The lowest BCUT2D eigenvalue weighted by atomic mass is 10.1. The van der Waals surface area contributed by atoms with Gasteiger partial charge in [-0.15, -0.1) is 0 Å². The fraction of sp³-hybridized carbons (Fsp3) is 0.417. The number of nitrogens with two attached hydrogens (primary N) is 1. The zero-order valence-corrected chi connectivity index (χ0v) is 10.9. The lowest BCUT2D eigenvalue weighted by Crippen LogP contribution is -2.18. The van der Waals surface area contributed by atoms with Gasteiger partial charge in [-0.3, -0.25) is 4.68 Å². The van der Waals surface area contributed by atoms with Crippen LogP contribution in [0.15, 0.2) is 22.7 Å². The number of hydrogen-bond acceptors (Lipinski definition) is 3. The van der Waals surface area contributed by atoms with Gasteiger partial charge in [0.05, 0.1) is 16.9 Å². The molecule has 0 aliphatic heterocycles. The molecule has 2 aromatic rings. The van der Waals surface area contributed by atoms with Gasteiger partial charge in [0.1, 0.15) is 17.6 Å². The molecule has 2 N–H and O–H groups in total. The molecule has 17 heavy (non-hydrogen) atoms. The number of furan rings is 1. The fourth-order valence-corrected chi connectivity index (χ4v) is 2.06. The second-order valence-corrected chi connectivity index (χ2v) is 4.75. The lowest BCUT2D eigenvalue weighted by molar-refractivity contribution is 0.439. The van der Waals surface area contributed by atoms with Crippen LogP contribution in [0.4, 0.5) is 0 Å². The summed E-state index contributed by atoms with van der Waals surface area (Å²) in [6.07, 6.45) is 1.62.